The van der Waals surface area contributed by atoms with Crippen molar-refractivity contribution in [3.05, 3.63) is 34.3 Å². The van der Waals surface area contributed by atoms with Crippen molar-refractivity contribution in [3.8, 4) is 0 Å². The highest BCUT2D eigenvalue weighted by atomic mass is 79.9. The number of nitrogens with zero attached hydrogens (tertiary/aromatic N) is 1. The van der Waals surface area contributed by atoms with Crippen LogP contribution in [0.3, 0.4) is 0 Å². The van der Waals surface area contributed by atoms with E-state index in [0.29, 0.717) is 5.92 Å². The average Bonchev–Trinajstić information content (AvgIpc) is 2.48. The Morgan fingerprint density at radius 2 is 2.13 bits per heavy atom. The molecule has 1 aromatic carbocycles. The molecule has 0 spiro atoms. The third-order valence-electron chi connectivity index (χ3n) is 3.88. The van der Waals surface area contributed by atoms with Crippen LogP contribution in [0.25, 0.3) is 0 Å². The van der Waals surface area contributed by atoms with E-state index < -0.39 is 5.60 Å². The fourth-order valence-electron chi connectivity index (χ4n) is 2.78. The van der Waals surface area contributed by atoms with E-state index in [1.165, 1.54) is 5.56 Å². The Hall–Kier alpha value is -1.07. The van der Waals surface area contributed by atoms with Gasteiger partial charge in [-0.3, -0.25) is 0 Å². The fourth-order valence-corrected chi connectivity index (χ4v) is 3.20. The maximum Gasteiger partial charge on any atom is 0.410 e. The van der Waals surface area contributed by atoms with Gasteiger partial charge in [-0.1, -0.05) is 34.1 Å². The molecular formula is C18H27BrN2O2. The molecule has 1 amide bonds. The van der Waals surface area contributed by atoms with E-state index in [2.05, 4.69) is 33.4 Å². The standard InChI is InChI=1S/C18H27BrN2O2/c1-18(2,3)23-17(22)21-10-6-7-14(13-21)11-20-12-15-8-4-5-9-16(15)19/h4-5,8-9,14,20H,6-7,10-13H2,1-3H3. The highest BCUT2D eigenvalue weighted by molar-refractivity contribution is 9.10. The summed E-state index contributed by atoms with van der Waals surface area (Å²) < 4.78 is 6.61. The van der Waals surface area contributed by atoms with E-state index in [-0.39, 0.29) is 6.09 Å². The second kappa shape index (κ2) is 8.15. The molecule has 0 aromatic heterocycles. The average molecular weight is 383 g/mol. The molecule has 1 fully saturated rings. The first kappa shape index (κ1) is 18.3. The summed E-state index contributed by atoms with van der Waals surface area (Å²) in [7, 11) is 0. The number of halogens is 1. The number of piperidine rings is 1. The summed E-state index contributed by atoms with van der Waals surface area (Å²) in [6, 6.07) is 8.24. The van der Waals surface area contributed by atoms with Crippen LogP contribution in [-0.4, -0.2) is 36.2 Å². The molecule has 0 saturated carbocycles. The molecule has 128 valence electrons. The number of ether oxygens (including phenoxy) is 1. The van der Waals surface area contributed by atoms with Gasteiger partial charge in [0.05, 0.1) is 0 Å². The van der Waals surface area contributed by atoms with Crippen molar-refractivity contribution in [2.24, 2.45) is 5.92 Å². The van der Waals surface area contributed by atoms with E-state index in [4.69, 9.17) is 4.74 Å². The van der Waals surface area contributed by atoms with Crippen molar-refractivity contribution in [1.82, 2.24) is 10.2 Å². The number of benzene rings is 1. The fraction of sp³-hybridized carbons (Fsp3) is 0.611. The quantitative estimate of drug-likeness (QED) is 0.848. The van der Waals surface area contributed by atoms with Crippen molar-refractivity contribution in [2.45, 2.75) is 45.8 Å². The van der Waals surface area contributed by atoms with Crippen LogP contribution in [0.1, 0.15) is 39.2 Å². The zero-order valence-electron chi connectivity index (χ0n) is 14.3. The summed E-state index contributed by atoms with van der Waals surface area (Å²) in [6.07, 6.45) is 2.01. The van der Waals surface area contributed by atoms with Gasteiger partial charge >= 0.3 is 6.09 Å². The lowest BCUT2D eigenvalue weighted by atomic mass is 9.98. The number of hydrogen-bond donors (Lipinski definition) is 1. The predicted octanol–water partition coefficient (Wildman–Crippen LogP) is 4.19. The van der Waals surface area contributed by atoms with Gasteiger partial charge in [-0.2, -0.15) is 0 Å². The number of rotatable bonds is 4. The first-order valence-corrected chi connectivity index (χ1v) is 9.06. The minimum Gasteiger partial charge on any atom is -0.444 e. The number of hydrogen-bond acceptors (Lipinski definition) is 3. The Balaban J connectivity index is 1.78. The van der Waals surface area contributed by atoms with Gasteiger partial charge in [0, 0.05) is 24.1 Å². The molecule has 1 atom stereocenters. The summed E-state index contributed by atoms with van der Waals surface area (Å²) in [5.41, 5.74) is 0.828. The predicted molar refractivity (Wildman–Crippen MR) is 96.4 cm³/mol. The molecule has 1 aliphatic heterocycles. The zero-order valence-corrected chi connectivity index (χ0v) is 15.9. The minimum absolute atomic E-state index is 0.187. The Morgan fingerprint density at radius 1 is 1.39 bits per heavy atom. The number of carbonyl (C=O) groups is 1. The molecule has 1 N–H and O–H groups in total. The molecule has 23 heavy (non-hydrogen) atoms. The second-order valence-electron chi connectivity index (χ2n) is 7.16. The Bertz CT molecular complexity index is 528. The van der Waals surface area contributed by atoms with Crippen LogP contribution in [-0.2, 0) is 11.3 Å². The number of nitrogens with one attached hydrogen (secondary N) is 1. The van der Waals surface area contributed by atoms with E-state index in [1.807, 2.05) is 37.8 Å². The number of amides is 1. The van der Waals surface area contributed by atoms with Gasteiger partial charge in [-0.25, -0.2) is 4.79 Å². The molecule has 1 heterocycles. The van der Waals surface area contributed by atoms with Crippen molar-refractivity contribution >= 4 is 22.0 Å². The summed E-state index contributed by atoms with van der Waals surface area (Å²) in [5.74, 6) is 0.485. The van der Waals surface area contributed by atoms with E-state index in [9.17, 15) is 4.79 Å². The third kappa shape index (κ3) is 6.15. The maximum atomic E-state index is 12.2. The zero-order chi connectivity index (χ0) is 16.9. The minimum atomic E-state index is -0.429. The van der Waals surface area contributed by atoms with Crippen LogP contribution < -0.4 is 5.32 Å². The molecule has 2 rings (SSSR count). The van der Waals surface area contributed by atoms with Gasteiger partial charge in [0.1, 0.15) is 5.60 Å². The van der Waals surface area contributed by atoms with Crippen LogP contribution in [0, 0.1) is 5.92 Å². The van der Waals surface area contributed by atoms with Gasteiger partial charge in [-0.05, 0) is 57.7 Å². The highest BCUT2D eigenvalue weighted by Crippen LogP contribution is 2.20. The molecule has 1 aliphatic rings. The van der Waals surface area contributed by atoms with E-state index in [0.717, 1.165) is 43.5 Å². The Morgan fingerprint density at radius 3 is 2.83 bits per heavy atom. The smallest absolute Gasteiger partial charge is 0.410 e. The number of likely N-dealkylation sites (tertiary alicyclic amines) is 1. The largest absolute Gasteiger partial charge is 0.444 e. The first-order valence-electron chi connectivity index (χ1n) is 8.27. The van der Waals surface area contributed by atoms with E-state index >= 15 is 0 Å². The van der Waals surface area contributed by atoms with Crippen molar-refractivity contribution < 1.29 is 9.53 Å². The molecule has 4 nitrogen and oxygen atoms in total. The van der Waals surface area contributed by atoms with Crippen LogP contribution in [0.5, 0.6) is 0 Å². The van der Waals surface area contributed by atoms with Gasteiger partial charge in [0.2, 0.25) is 0 Å². The maximum absolute atomic E-state index is 12.2. The molecule has 1 aromatic rings. The van der Waals surface area contributed by atoms with Crippen molar-refractivity contribution in [2.75, 3.05) is 19.6 Å². The molecule has 1 unspecified atom stereocenters. The lowest BCUT2D eigenvalue weighted by molar-refractivity contribution is 0.0166. The van der Waals surface area contributed by atoms with Gasteiger partial charge in [0.15, 0.2) is 0 Å². The molecule has 0 aliphatic carbocycles. The summed E-state index contributed by atoms with van der Waals surface area (Å²) in [5, 5.41) is 3.51. The Kier molecular flexibility index (Phi) is 6.48. The van der Waals surface area contributed by atoms with Gasteiger partial charge in [0.25, 0.3) is 0 Å². The SMILES string of the molecule is CC(C)(C)OC(=O)N1CCCC(CNCc2ccccc2Br)C1. The summed E-state index contributed by atoms with van der Waals surface area (Å²) in [6.45, 7) is 9.06. The van der Waals surface area contributed by atoms with Crippen molar-refractivity contribution in [3.63, 3.8) is 0 Å². The molecular weight excluding hydrogens is 356 g/mol. The van der Waals surface area contributed by atoms with Crippen LogP contribution in [0.4, 0.5) is 4.79 Å². The third-order valence-corrected chi connectivity index (χ3v) is 4.65. The summed E-state index contributed by atoms with van der Waals surface area (Å²) >= 11 is 3.57. The van der Waals surface area contributed by atoms with Crippen LogP contribution >= 0.6 is 15.9 Å². The number of carbonyl (C=O) groups excluding carboxylic acids is 1. The topological polar surface area (TPSA) is 41.6 Å². The molecule has 5 heteroatoms. The molecule has 0 bridgehead atoms. The molecule has 1 saturated heterocycles. The van der Waals surface area contributed by atoms with Gasteiger partial charge in [-0.15, -0.1) is 0 Å². The van der Waals surface area contributed by atoms with Crippen LogP contribution in [0.15, 0.2) is 28.7 Å². The lowest BCUT2D eigenvalue weighted by Crippen LogP contribution is -2.45. The van der Waals surface area contributed by atoms with Crippen LogP contribution in [0.2, 0.25) is 0 Å². The second-order valence-corrected chi connectivity index (χ2v) is 8.01. The highest BCUT2D eigenvalue weighted by Gasteiger charge is 2.27. The van der Waals surface area contributed by atoms with Crippen molar-refractivity contribution in [1.29, 1.82) is 0 Å². The molecule has 0 radical (unpaired) electrons. The normalized spacial score (nSPS) is 18.8. The summed E-state index contributed by atoms with van der Waals surface area (Å²) in [4.78, 5) is 14.0. The van der Waals surface area contributed by atoms with E-state index in [1.54, 1.807) is 0 Å². The van der Waals surface area contributed by atoms with Gasteiger partial charge < -0.3 is 15.0 Å². The monoisotopic (exact) mass is 382 g/mol. The lowest BCUT2D eigenvalue weighted by Gasteiger charge is -2.34. The first-order chi connectivity index (χ1) is 10.8. The Labute approximate surface area is 147 Å².